The van der Waals surface area contributed by atoms with E-state index >= 15 is 0 Å². The Balaban J connectivity index is 1.54. The molecule has 0 aromatic heterocycles. The average molecular weight is 426 g/mol. The highest BCUT2D eigenvalue weighted by Crippen LogP contribution is 2.33. The number of nitrogens with one attached hydrogen (secondary N) is 1. The average Bonchev–Trinajstić information content (AvgIpc) is 3.25. The van der Waals surface area contributed by atoms with Gasteiger partial charge in [-0.2, -0.15) is 13.2 Å². The monoisotopic (exact) mass is 426 g/mol. The van der Waals surface area contributed by atoms with Gasteiger partial charge in [0.25, 0.3) is 5.91 Å². The standard InChI is InChI=1S/C25H25F3N2O/c1-17(16-30-13-2-3-14-30)29-24(31)20-9-12-23-19(15-20)5-4-6-22(23)18-7-10-21(11-8-18)25(26,27)28/h4-12,15,17H,2-3,13-14,16H2,1H3,(H,29,31)/t17-/m0/s1. The molecule has 3 aromatic rings. The largest absolute Gasteiger partial charge is 0.416 e. The van der Waals surface area contributed by atoms with Gasteiger partial charge in [0, 0.05) is 18.2 Å². The maximum atomic E-state index is 12.9. The summed E-state index contributed by atoms with van der Waals surface area (Å²) in [6, 6.07) is 16.3. The van der Waals surface area contributed by atoms with Gasteiger partial charge in [0.2, 0.25) is 0 Å². The Bertz CT molecular complexity index is 1070. The Kier molecular flexibility index (Phi) is 6.01. The van der Waals surface area contributed by atoms with Crippen LogP contribution in [0.3, 0.4) is 0 Å². The van der Waals surface area contributed by atoms with Crippen molar-refractivity contribution in [3.8, 4) is 11.1 Å². The van der Waals surface area contributed by atoms with Crippen LogP contribution in [0.4, 0.5) is 13.2 Å². The summed E-state index contributed by atoms with van der Waals surface area (Å²) in [6.07, 6.45) is -1.93. The van der Waals surface area contributed by atoms with E-state index in [-0.39, 0.29) is 11.9 Å². The Labute approximate surface area is 179 Å². The van der Waals surface area contributed by atoms with Crippen LogP contribution in [-0.4, -0.2) is 36.5 Å². The lowest BCUT2D eigenvalue weighted by Gasteiger charge is -2.21. The number of carbonyl (C=O) groups is 1. The molecule has 0 unspecified atom stereocenters. The molecule has 3 nitrogen and oxygen atoms in total. The maximum absolute atomic E-state index is 12.9. The minimum absolute atomic E-state index is 0.0554. The van der Waals surface area contributed by atoms with Crippen molar-refractivity contribution in [2.45, 2.75) is 32.0 Å². The number of alkyl halides is 3. The predicted octanol–water partition coefficient (Wildman–Crippen LogP) is 5.74. The molecule has 162 valence electrons. The van der Waals surface area contributed by atoms with Crippen molar-refractivity contribution in [2.24, 2.45) is 0 Å². The lowest BCUT2D eigenvalue weighted by Crippen LogP contribution is -2.41. The number of amides is 1. The van der Waals surface area contributed by atoms with Crippen LogP contribution < -0.4 is 5.32 Å². The molecule has 1 heterocycles. The van der Waals surface area contributed by atoms with E-state index in [1.165, 1.54) is 25.0 Å². The Morgan fingerprint density at radius 2 is 1.74 bits per heavy atom. The second-order valence-electron chi connectivity index (χ2n) is 8.20. The molecule has 0 radical (unpaired) electrons. The minimum Gasteiger partial charge on any atom is -0.348 e. The normalized spacial score (nSPS) is 15.9. The molecule has 6 heteroatoms. The molecular weight excluding hydrogens is 401 g/mol. The van der Waals surface area contributed by atoms with Gasteiger partial charge in [-0.15, -0.1) is 0 Å². The van der Waals surface area contributed by atoms with Crippen molar-refractivity contribution in [3.05, 3.63) is 71.8 Å². The number of fused-ring (bicyclic) bond motifs is 1. The Hall–Kier alpha value is -2.86. The SMILES string of the molecule is C[C@@H](CN1CCCC1)NC(=O)c1ccc2c(-c3ccc(C(F)(F)F)cc3)cccc2c1. The van der Waals surface area contributed by atoms with Crippen molar-refractivity contribution in [2.75, 3.05) is 19.6 Å². The van der Waals surface area contributed by atoms with Crippen LogP contribution in [0.5, 0.6) is 0 Å². The number of hydrogen-bond acceptors (Lipinski definition) is 2. The van der Waals surface area contributed by atoms with Crippen LogP contribution in [0.1, 0.15) is 35.7 Å². The zero-order valence-electron chi connectivity index (χ0n) is 17.4. The summed E-state index contributed by atoms with van der Waals surface area (Å²) in [5, 5.41) is 4.83. The molecule has 1 N–H and O–H groups in total. The van der Waals surface area contributed by atoms with Gasteiger partial charge >= 0.3 is 6.18 Å². The number of halogens is 3. The fourth-order valence-corrected chi connectivity index (χ4v) is 4.22. The van der Waals surface area contributed by atoms with Gasteiger partial charge in [-0.25, -0.2) is 0 Å². The van der Waals surface area contributed by atoms with Gasteiger partial charge in [0.05, 0.1) is 5.56 Å². The highest BCUT2D eigenvalue weighted by molar-refractivity contribution is 6.02. The minimum atomic E-state index is -4.36. The summed E-state index contributed by atoms with van der Waals surface area (Å²) in [6.45, 7) is 5.03. The Morgan fingerprint density at radius 3 is 2.42 bits per heavy atom. The molecule has 31 heavy (non-hydrogen) atoms. The second kappa shape index (κ2) is 8.71. The van der Waals surface area contributed by atoms with Gasteiger partial charge in [-0.3, -0.25) is 4.79 Å². The molecule has 1 atom stereocenters. The molecule has 3 aromatic carbocycles. The fourth-order valence-electron chi connectivity index (χ4n) is 4.22. The molecule has 0 spiro atoms. The van der Waals surface area contributed by atoms with Crippen molar-refractivity contribution < 1.29 is 18.0 Å². The summed E-state index contributed by atoms with van der Waals surface area (Å²) >= 11 is 0. The summed E-state index contributed by atoms with van der Waals surface area (Å²) in [7, 11) is 0. The van der Waals surface area contributed by atoms with Crippen LogP contribution in [0.2, 0.25) is 0 Å². The number of benzene rings is 3. The highest BCUT2D eigenvalue weighted by Gasteiger charge is 2.30. The molecule has 0 aliphatic carbocycles. The van der Waals surface area contributed by atoms with Gasteiger partial charge in [-0.05, 0) is 79.0 Å². The Morgan fingerprint density at radius 1 is 1.03 bits per heavy atom. The van der Waals surface area contributed by atoms with E-state index in [1.54, 1.807) is 6.07 Å². The summed E-state index contributed by atoms with van der Waals surface area (Å²) < 4.78 is 38.6. The van der Waals surface area contributed by atoms with Gasteiger partial charge in [-0.1, -0.05) is 36.4 Å². The molecule has 1 saturated heterocycles. The molecule has 1 aliphatic rings. The lowest BCUT2D eigenvalue weighted by atomic mass is 9.96. The zero-order valence-corrected chi connectivity index (χ0v) is 17.4. The first kappa shape index (κ1) is 21.4. The van der Waals surface area contributed by atoms with E-state index < -0.39 is 11.7 Å². The molecule has 1 amide bonds. The summed E-state index contributed by atoms with van der Waals surface area (Å²) in [4.78, 5) is 15.1. The third-order valence-electron chi connectivity index (χ3n) is 5.77. The zero-order chi connectivity index (χ0) is 22.0. The second-order valence-corrected chi connectivity index (χ2v) is 8.20. The van der Waals surface area contributed by atoms with Gasteiger partial charge < -0.3 is 10.2 Å². The van der Waals surface area contributed by atoms with Crippen molar-refractivity contribution >= 4 is 16.7 Å². The fraction of sp³-hybridized carbons (Fsp3) is 0.320. The first-order valence-corrected chi connectivity index (χ1v) is 10.5. The third kappa shape index (κ3) is 4.90. The van der Waals surface area contributed by atoms with Crippen LogP contribution in [-0.2, 0) is 6.18 Å². The highest BCUT2D eigenvalue weighted by atomic mass is 19.4. The topological polar surface area (TPSA) is 32.3 Å². The first-order valence-electron chi connectivity index (χ1n) is 10.5. The molecular formula is C25H25F3N2O. The number of hydrogen-bond donors (Lipinski definition) is 1. The number of nitrogens with zero attached hydrogens (tertiary/aromatic N) is 1. The quantitative estimate of drug-likeness (QED) is 0.564. The maximum Gasteiger partial charge on any atom is 0.416 e. The number of carbonyl (C=O) groups excluding carboxylic acids is 1. The van der Waals surface area contributed by atoms with Gasteiger partial charge in [0.15, 0.2) is 0 Å². The summed E-state index contributed by atoms with van der Waals surface area (Å²) in [5.41, 5.74) is 1.44. The van der Waals surface area contributed by atoms with Crippen LogP contribution >= 0.6 is 0 Å². The van der Waals surface area contributed by atoms with E-state index in [0.717, 1.165) is 48.1 Å². The van der Waals surface area contributed by atoms with Gasteiger partial charge in [0.1, 0.15) is 0 Å². The van der Waals surface area contributed by atoms with E-state index in [1.807, 2.05) is 37.3 Å². The van der Waals surface area contributed by atoms with E-state index in [2.05, 4.69) is 10.2 Å². The molecule has 1 fully saturated rings. The van der Waals surface area contributed by atoms with Crippen LogP contribution in [0, 0.1) is 0 Å². The van der Waals surface area contributed by atoms with E-state index in [9.17, 15) is 18.0 Å². The third-order valence-corrected chi connectivity index (χ3v) is 5.77. The molecule has 4 rings (SSSR count). The van der Waals surface area contributed by atoms with E-state index in [0.29, 0.717) is 11.1 Å². The van der Waals surface area contributed by atoms with Crippen LogP contribution in [0.15, 0.2) is 60.7 Å². The number of rotatable bonds is 5. The number of likely N-dealkylation sites (tertiary alicyclic amines) is 1. The lowest BCUT2D eigenvalue weighted by molar-refractivity contribution is -0.137. The van der Waals surface area contributed by atoms with Crippen molar-refractivity contribution in [1.29, 1.82) is 0 Å². The predicted molar refractivity (Wildman–Crippen MR) is 117 cm³/mol. The van der Waals surface area contributed by atoms with Crippen LogP contribution in [0.25, 0.3) is 21.9 Å². The van der Waals surface area contributed by atoms with Crippen molar-refractivity contribution in [1.82, 2.24) is 10.2 Å². The smallest absolute Gasteiger partial charge is 0.348 e. The van der Waals surface area contributed by atoms with E-state index in [4.69, 9.17) is 0 Å². The van der Waals surface area contributed by atoms with Crippen molar-refractivity contribution in [3.63, 3.8) is 0 Å². The first-order chi connectivity index (χ1) is 14.8. The molecule has 0 bridgehead atoms. The molecule has 0 saturated carbocycles. The summed E-state index contributed by atoms with van der Waals surface area (Å²) in [5.74, 6) is -0.117. The molecule has 1 aliphatic heterocycles.